The van der Waals surface area contributed by atoms with Gasteiger partial charge in [-0.2, -0.15) is 0 Å². The fourth-order valence-electron chi connectivity index (χ4n) is 2.77. The second kappa shape index (κ2) is 9.19. The van der Waals surface area contributed by atoms with E-state index in [1.807, 2.05) is 36.4 Å². The summed E-state index contributed by atoms with van der Waals surface area (Å²) in [6.07, 6.45) is 5.37. The first-order valence-electron chi connectivity index (χ1n) is 9.09. The highest BCUT2D eigenvalue weighted by atomic mass is 79.9. The molecule has 0 bridgehead atoms. The first-order valence-corrected chi connectivity index (χ1v) is 10.7. The third kappa shape index (κ3) is 5.31. The molecule has 1 amide bonds. The topological polar surface area (TPSA) is 55.1 Å². The van der Waals surface area contributed by atoms with Crippen molar-refractivity contribution >= 4 is 44.4 Å². The lowest BCUT2D eigenvalue weighted by atomic mass is 10.1. The minimum Gasteiger partial charge on any atom is -0.457 e. The number of carbonyl (C=O) groups is 1. The Hall–Kier alpha value is -3.03. The van der Waals surface area contributed by atoms with E-state index in [4.69, 9.17) is 4.42 Å². The van der Waals surface area contributed by atoms with E-state index in [0.717, 1.165) is 26.2 Å². The van der Waals surface area contributed by atoms with E-state index in [2.05, 4.69) is 26.2 Å². The molecule has 2 aromatic heterocycles. The van der Waals surface area contributed by atoms with E-state index in [1.54, 1.807) is 24.4 Å². The predicted molar refractivity (Wildman–Crippen MR) is 121 cm³/mol. The van der Waals surface area contributed by atoms with Crippen molar-refractivity contribution in [1.82, 2.24) is 4.98 Å². The lowest BCUT2D eigenvalue weighted by Crippen LogP contribution is -2.06. The largest absolute Gasteiger partial charge is 0.457 e. The molecule has 4 nitrogen and oxygen atoms in total. The zero-order valence-electron chi connectivity index (χ0n) is 15.6. The van der Waals surface area contributed by atoms with Crippen LogP contribution in [0.1, 0.15) is 16.2 Å². The van der Waals surface area contributed by atoms with Gasteiger partial charge in [0.05, 0.1) is 0 Å². The predicted octanol–water partition coefficient (Wildman–Crippen LogP) is 6.55. The van der Waals surface area contributed by atoms with E-state index < -0.39 is 0 Å². The Morgan fingerprint density at radius 3 is 2.63 bits per heavy atom. The lowest BCUT2D eigenvalue weighted by molar-refractivity contribution is -0.111. The first-order chi connectivity index (χ1) is 14.5. The molecule has 4 aromatic rings. The lowest BCUT2D eigenvalue weighted by Gasteiger charge is -1.98. The molecule has 30 heavy (non-hydrogen) atoms. The third-order valence-electron chi connectivity index (χ3n) is 4.23. The number of hydrogen-bond acceptors (Lipinski definition) is 4. The molecule has 0 atom stereocenters. The van der Waals surface area contributed by atoms with Crippen LogP contribution in [0, 0.1) is 5.82 Å². The van der Waals surface area contributed by atoms with Gasteiger partial charge in [-0.05, 0) is 48.0 Å². The summed E-state index contributed by atoms with van der Waals surface area (Å²) in [5.74, 6) is 0.759. The Bertz CT molecular complexity index is 1180. The molecule has 0 spiro atoms. The van der Waals surface area contributed by atoms with Gasteiger partial charge in [-0.25, -0.2) is 9.37 Å². The molecule has 150 valence electrons. The van der Waals surface area contributed by atoms with E-state index in [1.165, 1.54) is 29.5 Å². The van der Waals surface area contributed by atoms with Crippen LogP contribution in [0.2, 0.25) is 0 Å². The number of thiazole rings is 1. The average Bonchev–Trinajstić information content (AvgIpc) is 3.38. The van der Waals surface area contributed by atoms with Crippen LogP contribution in [0.15, 0.2) is 81.8 Å². The van der Waals surface area contributed by atoms with E-state index in [-0.39, 0.29) is 11.7 Å². The van der Waals surface area contributed by atoms with Crippen LogP contribution >= 0.6 is 27.3 Å². The van der Waals surface area contributed by atoms with Gasteiger partial charge in [0.2, 0.25) is 5.91 Å². The van der Waals surface area contributed by atoms with Crippen molar-refractivity contribution in [1.29, 1.82) is 0 Å². The van der Waals surface area contributed by atoms with Gasteiger partial charge in [-0.15, -0.1) is 11.3 Å². The van der Waals surface area contributed by atoms with Gasteiger partial charge < -0.3 is 4.42 Å². The van der Waals surface area contributed by atoms with Crippen LogP contribution in [0.25, 0.3) is 17.4 Å². The summed E-state index contributed by atoms with van der Waals surface area (Å²) < 4.78 is 19.8. The van der Waals surface area contributed by atoms with Crippen LogP contribution < -0.4 is 5.32 Å². The molecule has 0 aliphatic carbocycles. The van der Waals surface area contributed by atoms with Crippen LogP contribution in [0.3, 0.4) is 0 Å². The van der Waals surface area contributed by atoms with Crippen molar-refractivity contribution in [2.24, 2.45) is 0 Å². The second-order valence-electron chi connectivity index (χ2n) is 6.47. The minimum atomic E-state index is -0.292. The maximum absolute atomic E-state index is 13.0. The van der Waals surface area contributed by atoms with Crippen LogP contribution in [-0.2, 0) is 11.2 Å². The number of nitrogens with one attached hydrogen (secondary N) is 1. The zero-order valence-corrected chi connectivity index (χ0v) is 18.0. The molecule has 0 radical (unpaired) electrons. The maximum Gasteiger partial charge on any atom is 0.250 e. The number of amides is 1. The molecule has 0 fully saturated rings. The third-order valence-corrected chi connectivity index (χ3v) is 5.67. The Kier molecular flexibility index (Phi) is 6.21. The average molecular weight is 483 g/mol. The molecule has 1 N–H and O–H groups in total. The van der Waals surface area contributed by atoms with Crippen molar-refractivity contribution in [2.75, 3.05) is 5.32 Å². The minimum absolute atomic E-state index is 0.261. The van der Waals surface area contributed by atoms with Gasteiger partial charge >= 0.3 is 0 Å². The number of anilines is 1. The molecule has 7 heteroatoms. The SMILES string of the molecule is O=C(C=Cc1ccc(-c2ccc(Br)cc2)o1)Nc1ncc(Cc2ccc(F)cc2)s1. The van der Waals surface area contributed by atoms with E-state index in [0.29, 0.717) is 17.3 Å². The Morgan fingerprint density at radius 2 is 1.87 bits per heavy atom. The van der Waals surface area contributed by atoms with Crippen molar-refractivity contribution in [3.8, 4) is 11.3 Å². The smallest absolute Gasteiger partial charge is 0.250 e. The summed E-state index contributed by atoms with van der Waals surface area (Å²) in [6.45, 7) is 0. The number of furan rings is 1. The summed E-state index contributed by atoms with van der Waals surface area (Å²) in [6, 6.07) is 17.8. The molecule has 4 rings (SSSR count). The van der Waals surface area contributed by atoms with Crippen LogP contribution in [0.4, 0.5) is 9.52 Å². The number of nitrogens with zero attached hydrogens (tertiary/aromatic N) is 1. The quantitative estimate of drug-likeness (QED) is 0.317. The summed E-state index contributed by atoms with van der Waals surface area (Å²) in [7, 11) is 0. The number of rotatable bonds is 6. The van der Waals surface area contributed by atoms with E-state index in [9.17, 15) is 9.18 Å². The van der Waals surface area contributed by atoms with Crippen molar-refractivity contribution in [3.05, 3.63) is 99.4 Å². The molecule has 2 aromatic carbocycles. The number of hydrogen-bond donors (Lipinski definition) is 1. The summed E-state index contributed by atoms with van der Waals surface area (Å²) in [4.78, 5) is 17.4. The maximum atomic E-state index is 13.0. The molecule has 0 saturated carbocycles. The molecule has 0 aliphatic rings. The van der Waals surface area contributed by atoms with Crippen LogP contribution in [-0.4, -0.2) is 10.9 Å². The summed E-state index contributed by atoms with van der Waals surface area (Å²) in [5, 5.41) is 3.26. The number of carbonyl (C=O) groups excluding carboxylic acids is 1. The number of benzene rings is 2. The summed E-state index contributed by atoms with van der Waals surface area (Å²) in [5.41, 5.74) is 1.94. The van der Waals surface area contributed by atoms with Gasteiger partial charge in [-0.1, -0.05) is 40.2 Å². The monoisotopic (exact) mass is 482 g/mol. The van der Waals surface area contributed by atoms with Gasteiger partial charge in [0, 0.05) is 33.6 Å². The van der Waals surface area contributed by atoms with Gasteiger partial charge in [0.25, 0.3) is 0 Å². The number of halogens is 2. The highest BCUT2D eigenvalue weighted by Gasteiger charge is 2.07. The highest BCUT2D eigenvalue weighted by Crippen LogP contribution is 2.25. The first kappa shape index (κ1) is 20.3. The van der Waals surface area contributed by atoms with Gasteiger partial charge in [0.15, 0.2) is 5.13 Å². The molecule has 0 saturated heterocycles. The second-order valence-corrected chi connectivity index (χ2v) is 8.50. The van der Waals surface area contributed by atoms with Crippen molar-refractivity contribution < 1.29 is 13.6 Å². The van der Waals surface area contributed by atoms with E-state index >= 15 is 0 Å². The van der Waals surface area contributed by atoms with Gasteiger partial charge in [-0.3, -0.25) is 10.1 Å². The summed E-state index contributed by atoms with van der Waals surface area (Å²) >= 11 is 4.79. The Balaban J connectivity index is 1.34. The molecule has 0 unspecified atom stereocenters. The van der Waals surface area contributed by atoms with Crippen molar-refractivity contribution in [3.63, 3.8) is 0 Å². The zero-order chi connectivity index (χ0) is 20.9. The van der Waals surface area contributed by atoms with Crippen LogP contribution in [0.5, 0.6) is 0 Å². The molecule has 2 heterocycles. The molecule has 0 aliphatic heterocycles. The highest BCUT2D eigenvalue weighted by molar-refractivity contribution is 9.10. The fourth-order valence-corrected chi connectivity index (χ4v) is 3.88. The Morgan fingerprint density at radius 1 is 1.10 bits per heavy atom. The van der Waals surface area contributed by atoms with Gasteiger partial charge in [0.1, 0.15) is 17.3 Å². The molecular formula is C23H16BrFN2O2S. The fraction of sp³-hybridized carbons (Fsp3) is 0.0435. The molecular weight excluding hydrogens is 467 g/mol. The Labute approximate surface area is 185 Å². The standard InChI is InChI=1S/C23H16BrFN2O2S/c24-17-5-3-16(4-6-17)21-11-9-19(29-21)10-12-22(28)27-23-26-14-20(30-23)13-15-1-7-18(25)8-2-15/h1-12,14H,13H2,(H,26,27,28). The normalized spacial score (nSPS) is 11.1. The van der Waals surface area contributed by atoms with Crippen molar-refractivity contribution in [2.45, 2.75) is 6.42 Å². The number of aromatic nitrogens is 1.